The molecule has 0 radical (unpaired) electrons. The fraction of sp³-hybridized carbons (Fsp3) is 0.500. The monoisotopic (exact) mass is 144 g/mol. The molecule has 0 aliphatic carbocycles. The molecule has 0 aromatic rings. The summed E-state index contributed by atoms with van der Waals surface area (Å²) in [5.74, 6) is 0. The van der Waals surface area contributed by atoms with Crippen molar-refractivity contribution in [1.29, 1.82) is 0 Å². The summed E-state index contributed by atoms with van der Waals surface area (Å²) >= 11 is 0. The fourth-order valence-electron chi connectivity index (χ4n) is 0.419. The van der Waals surface area contributed by atoms with Crippen molar-refractivity contribution in [2.45, 2.75) is 0 Å². The molecule has 0 bridgehead atoms. The van der Waals surface area contributed by atoms with Gasteiger partial charge in [0.15, 0.2) is 0 Å². The highest BCUT2D eigenvalue weighted by Gasteiger charge is 2.01. The summed E-state index contributed by atoms with van der Waals surface area (Å²) in [6, 6.07) is 0.373. The third kappa shape index (κ3) is 2.50. The van der Waals surface area contributed by atoms with Crippen LogP contribution in [0.25, 0.3) is 0 Å². The minimum atomic E-state index is 0.373. The molecule has 4 heteroatoms. The van der Waals surface area contributed by atoms with Gasteiger partial charge < -0.3 is 4.74 Å². The van der Waals surface area contributed by atoms with E-state index in [2.05, 4.69) is 11.6 Å². The maximum Gasteiger partial charge on any atom is 0.316 e. The van der Waals surface area contributed by atoms with Gasteiger partial charge in [-0.2, -0.15) is 0 Å². The summed E-state index contributed by atoms with van der Waals surface area (Å²) in [4.78, 5) is 8.56. The third-order valence-corrected chi connectivity index (χ3v) is 0.928. The second kappa shape index (κ2) is 4.81. The van der Waals surface area contributed by atoms with Crippen molar-refractivity contribution in [3.8, 4) is 0 Å². The van der Waals surface area contributed by atoms with Gasteiger partial charge in [-0.25, -0.2) is 10.1 Å². The summed E-state index contributed by atoms with van der Waals surface area (Å²) in [7, 11) is 4.72. The molecule has 0 aromatic heterocycles. The number of rotatable bonds is 2. The lowest BCUT2D eigenvalue weighted by Gasteiger charge is -2.14. The SMILES string of the molecule is C=CN=C(OC)N(C)OC. The van der Waals surface area contributed by atoms with Crippen LogP contribution >= 0.6 is 0 Å². The van der Waals surface area contributed by atoms with Gasteiger partial charge in [-0.3, -0.25) is 4.84 Å². The van der Waals surface area contributed by atoms with E-state index in [1.165, 1.54) is 25.5 Å². The van der Waals surface area contributed by atoms with E-state index in [0.717, 1.165) is 0 Å². The number of hydrogen-bond donors (Lipinski definition) is 0. The number of amidine groups is 1. The molecular weight excluding hydrogens is 132 g/mol. The van der Waals surface area contributed by atoms with E-state index in [-0.39, 0.29) is 0 Å². The number of hydrogen-bond acceptors (Lipinski definition) is 3. The quantitative estimate of drug-likeness (QED) is 0.324. The second-order valence-electron chi connectivity index (χ2n) is 1.48. The average molecular weight is 144 g/mol. The summed E-state index contributed by atoms with van der Waals surface area (Å²) < 4.78 is 4.82. The van der Waals surface area contributed by atoms with Crippen LogP contribution in [-0.2, 0) is 9.57 Å². The number of nitrogens with zero attached hydrogens (tertiary/aromatic N) is 2. The topological polar surface area (TPSA) is 34.1 Å². The first kappa shape index (κ1) is 8.97. The molecule has 0 heterocycles. The summed E-state index contributed by atoms with van der Waals surface area (Å²) in [5, 5.41) is 1.39. The van der Waals surface area contributed by atoms with Crippen LogP contribution in [0.5, 0.6) is 0 Å². The van der Waals surface area contributed by atoms with Gasteiger partial charge in [-0.1, -0.05) is 6.58 Å². The molecule has 0 unspecified atom stereocenters. The molecule has 0 saturated carbocycles. The minimum Gasteiger partial charge on any atom is -0.467 e. The normalized spacial score (nSPS) is 10.9. The molecule has 0 atom stereocenters. The summed E-state index contributed by atoms with van der Waals surface area (Å²) in [6.45, 7) is 3.42. The Morgan fingerprint density at radius 1 is 1.60 bits per heavy atom. The van der Waals surface area contributed by atoms with Crippen molar-refractivity contribution in [3.05, 3.63) is 12.8 Å². The van der Waals surface area contributed by atoms with Gasteiger partial charge in [-0.05, 0) is 0 Å². The molecular formula is C6H12N2O2. The van der Waals surface area contributed by atoms with Crippen molar-refractivity contribution >= 4 is 6.02 Å². The maximum absolute atomic E-state index is 4.82. The summed E-state index contributed by atoms with van der Waals surface area (Å²) in [5.41, 5.74) is 0. The molecule has 0 fully saturated rings. The van der Waals surface area contributed by atoms with E-state index in [4.69, 9.17) is 9.57 Å². The molecule has 10 heavy (non-hydrogen) atoms. The summed E-state index contributed by atoms with van der Waals surface area (Å²) in [6.07, 6.45) is 1.38. The zero-order valence-corrected chi connectivity index (χ0v) is 6.50. The lowest BCUT2D eigenvalue weighted by Crippen LogP contribution is -2.26. The first-order valence-electron chi connectivity index (χ1n) is 2.76. The zero-order chi connectivity index (χ0) is 7.98. The highest BCUT2D eigenvalue weighted by molar-refractivity contribution is 5.72. The molecule has 0 spiro atoms. The Labute approximate surface area is 60.7 Å². The highest BCUT2D eigenvalue weighted by atomic mass is 16.7. The Hall–Kier alpha value is -1.03. The lowest BCUT2D eigenvalue weighted by molar-refractivity contribution is -0.0603. The molecule has 0 aromatic carbocycles. The number of hydroxylamine groups is 2. The van der Waals surface area contributed by atoms with Crippen LogP contribution in [0, 0.1) is 0 Å². The van der Waals surface area contributed by atoms with E-state index in [9.17, 15) is 0 Å². The van der Waals surface area contributed by atoms with Crippen molar-refractivity contribution in [3.63, 3.8) is 0 Å². The smallest absolute Gasteiger partial charge is 0.316 e. The molecule has 0 saturated heterocycles. The Kier molecular flexibility index (Phi) is 4.32. The molecule has 0 amide bonds. The van der Waals surface area contributed by atoms with Crippen molar-refractivity contribution in [2.75, 3.05) is 21.3 Å². The molecule has 0 aliphatic heterocycles. The fourth-order valence-corrected chi connectivity index (χ4v) is 0.419. The van der Waals surface area contributed by atoms with Crippen molar-refractivity contribution in [2.24, 2.45) is 4.99 Å². The first-order valence-corrected chi connectivity index (χ1v) is 2.76. The van der Waals surface area contributed by atoms with Gasteiger partial charge in [0.05, 0.1) is 14.2 Å². The average Bonchev–Trinajstić information content (AvgIpc) is 1.99. The second-order valence-corrected chi connectivity index (χ2v) is 1.48. The minimum absolute atomic E-state index is 0.373. The maximum atomic E-state index is 4.82. The van der Waals surface area contributed by atoms with Crippen LogP contribution in [0.4, 0.5) is 0 Å². The van der Waals surface area contributed by atoms with Gasteiger partial charge in [0.1, 0.15) is 0 Å². The number of methoxy groups -OCH3 is 1. The number of ether oxygens (including phenoxy) is 1. The van der Waals surface area contributed by atoms with E-state index < -0.39 is 0 Å². The van der Waals surface area contributed by atoms with Crippen LogP contribution in [0.15, 0.2) is 17.8 Å². The van der Waals surface area contributed by atoms with E-state index in [1.807, 2.05) is 0 Å². The first-order chi connectivity index (χ1) is 4.76. The van der Waals surface area contributed by atoms with Crippen LogP contribution in [0.3, 0.4) is 0 Å². The Balaban J connectivity index is 4.04. The standard InChI is InChI=1S/C6H12N2O2/c1-5-7-6(9-3)8(2)10-4/h5H,1H2,2-4H3. The Morgan fingerprint density at radius 3 is 2.50 bits per heavy atom. The molecule has 0 rings (SSSR count). The molecule has 4 nitrogen and oxygen atoms in total. The predicted molar refractivity (Wildman–Crippen MR) is 39.4 cm³/mol. The predicted octanol–water partition coefficient (Wildman–Crippen LogP) is 0.625. The van der Waals surface area contributed by atoms with Crippen LogP contribution in [0.2, 0.25) is 0 Å². The van der Waals surface area contributed by atoms with Crippen LogP contribution in [-0.4, -0.2) is 32.4 Å². The number of aliphatic imine (C=N–C) groups is 1. The largest absolute Gasteiger partial charge is 0.467 e. The van der Waals surface area contributed by atoms with Crippen LogP contribution < -0.4 is 0 Å². The highest BCUT2D eigenvalue weighted by Crippen LogP contribution is 1.88. The van der Waals surface area contributed by atoms with E-state index in [0.29, 0.717) is 6.02 Å². The van der Waals surface area contributed by atoms with Gasteiger partial charge >= 0.3 is 6.02 Å². The lowest BCUT2D eigenvalue weighted by atomic mass is 10.9. The van der Waals surface area contributed by atoms with Gasteiger partial charge in [0.2, 0.25) is 0 Å². The third-order valence-electron chi connectivity index (χ3n) is 0.928. The molecule has 0 N–H and O–H groups in total. The van der Waals surface area contributed by atoms with Crippen molar-refractivity contribution in [1.82, 2.24) is 5.06 Å². The molecule has 58 valence electrons. The molecule has 0 aliphatic rings. The van der Waals surface area contributed by atoms with Crippen LogP contribution in [0.1, 0.15) is 0 Å². The van der Waals surface area contributed by atoms with Gasteiger partial charge in [0.25, 0.3) is 0 Å². The zero-order valence-electron chi connectivity index (χ0n) is 6.50. The van der Waals surface area contributed by atoms with E-state index in [1.54, 1.807) is 7.05 Å². The Morgan fingerprint density at radius 2 is 2.20 bits per heavy atom. The van der Waals surface area contributed by atoms with Gasteiger partial charge in [-0.15, -0.1) is 0 Å². The van der Waals surface area contributed by atoms with Gasteiger partial charge in [0, 0.05) is 13.2 Å². The Bertz CT molecular complexity index is 134. The van der Waals surface area contributed by atoms with E-state index >= 15 is 0 Å². The van der Waals surface area contributed by atoms with Crippen molar-refractivity contribution < 1.29 is 9.57 Å².